The van der Waals surface area contributed by atoms with Crippen LogP contribution in [0.25, 0.3) is 0 Å². The van der Waals surface area contributed by atoms with E-state index >= 15 is 0 Å². The standard InChI is InChI=1S/C14H16O4.C2H4/c15-13-11-6-5-7-12(10-11)14(16)18-9-4-2-1-3-8-17-13;1-2/h5-7,10H,1-4,8-9H2;1-2H2. The maximum atomic E-state index is 11.7. The molecule has 1 aromatic rings. The average Bonchev–Trinajstić information content (AvgIpc) is 2.51. The lowest BCUT2D eigenvalue weighted by Crippen LogP contribution is -2.09. The first-order valence-electron chi connectivity index (χ1n) is 6.72. The fourth-order valence-corrected chi connectivity index (χ4v) is 1.83. The number of fused-ring (bicyclic) bond motifs is 2. The van der Waals surface area contributed by atoms with E-state index in [-0.39, 0.29) is 11.9 Å². The lowest BCUT2D eigenvalue weighted by atomic mass is 10.1. The highest BCUT2D eigenvalue weighted by Crippen LogP contribution is 2.11. The predicted molar refractivity (Wildman–Crippen MR) is 76.7 cm³/mol. The first-order chi connectivity index (χ1) is 9.77. The molecule has 0 amide bonds. The van der Waals surface area contributed by atoms with E-state index in [2.05, 4.69) is 13.2 Å². The Morgan fingerprint density at radius 1 is 0.800 bits per heavy atom. The molecule has 4 nitrogen and oxygen atoms in total. The van der Waals surface area contributed by atoms with Gasteiger partial charge >= 0.3 is 11.9 Å². The van der Waals surface area contributed by atoms with Gasteiger partial charge in [-0.3, -0.25) is 0 Å². The van der Waals surface area contributed by atoms with Gasteiger partial charge in [0.15, 0.2) is 0 Å². The van der Waals surface area contributed by atoms with Crippen LogP contribution >= 0.6 is 0 Å². The van der Waals surface area contributed by atoms with Crippen molar-refractivity contribution in [1.29, 1.82) is 0 Å². The molecule has 4 heteroatoms. The van der Waals surface area contributed by atoms with Gasteiger partial charge in [0.1, 0.15) is 0 Å². The lowest BCUT2D eigenvalue weighted by Gasteiger charge is -2.05. The number of ether oxygens (including phenoxy) is 2. The van der Waals surface area contributed by atoms with Gasteiger partial charge in [0.05, 0.1) is 24.3 Å². The highest BCUT2D eigenvalue weighted by Gasteiger charge is 2.13. The molecule has 1 heterocycles. The molecule has 20 heavy (non-hydrogen) atoms. The number of benzene rings is 1. The molecule has 0 aromatic heterocycles. The number of carbonyl (C=O) groups is 2. The van der Waals surface area contributed by atoms with Crippen LogP contribution < -0.4 is 0 Å². The van der Waals surface area contributed by atoms with E-state index in [0.29, 0.717) is 24.3 Å². The van der Waals surface area contributed by atoms with Crippen molar-refractivity contribution in [3.05, 3.63) is 48.6 Å². The van der Waals surface area contributed by atoms with E-state index in [1.807, 2.05) is 0 Å². The minimum atomic E-state index is -0.385. The second-order valence-electron chi connectivity index (χ2n) is 4.27. The second kappa shape index (κ2) is 8.91. The third kappa shape index (κ3) is 4.88. The number of esters is 2. The van der Waals surface area contributed by atoms with Gasteiger partial charge in [-0.1, -0.05) is 6.07 Å². The molecule has 0 saturated heterocycles. The van der Waals surface area contributed by atoms with Gasteiger partial charge in [-0.15, -0.1) is 13.2 Å². The Morgan fingerprint density at radius 3 is 1.70 bits per heavy atom. The van der Waals surface area contributed by atoms with Crippen LogP contribution in [-0.4, -0.2) is 25.2 Å². The van der Waals surface area contributed by atoms with E-state index < -0.39 is 0 Å². The van der Waals surface area contributed by atoms with Gasteiger partial charge < -0.3 is 9.47 Å². The van der Waals surface area contributed by atoms with E-state index in [0.717, 1.165) is 25.7 Å². The third-order valence-corrected chi connectivity index (χ3v) is 2.84. The van der Waals surface area contributed by atoms with Crippen molar-refractivity contribution < 1.29 is 19.1 Å². The SMILES string of the molecule is C=C.O=C1OCCCCCCOC(=O)c2cccc1c2. The molecule has 0 unspecified atom stereocenters. The molecule has 0 fully saturated rings. The minimum Gasteiger partial charge on any atom is -0.462 e. The quantitative estimate of drug-likeness (QED) is 0.538. The summed E-state index contributed by atoms with van der Waals surface area (Å²) < 4.78 is 10.3. The smallest absolute Gasteiger partial charge is 0.338 e. The fourth-order valence-electron chi connectivity index (χ4n) is 1.83. The van der Waals surface area contributed by atoms with Crippen molar-refractivity contribution in [2.75, 3.05) is 13.2 Å². The molecule has 2 bridgehead atoms. The first-order valence-corrected chi connectivity index (χ1v) is 6.72. The summed E-state index contributed by atoms with van der Waals surface area (Å²) in [5.41, 5.74) is 0.785. The zero-order chi connectivity index (χ0) is 14.8. The van der Waals surface area contributed by atoms with Gasteiger partial charge in [-0.25, -0.2) is 9.59 Å². The Labute approximate surface area is 119 Å². The van der Waals surface area contributed by atoms with E-state index in [9.17, 15) is 9.59 Å². The highest BCUT2D eigenvalue weighted by atomic mass is 16.5. The number of rotatable bonds is 0. The zero-order valence-corrected chi connectivity index (χ0v) is 11.6. The summed E-state index contributed by atoms with van der Waals surface area (Å²) in [7, 11) is 0. The van der Waals surface area contributed by atoms with Crippen LogP contribution in [0, 0.1) is 0 Å². The maximum Gasteiger partial charge on any atom is 0.338 e. The molecule has 1 aromatic carbocycles. The normalized spacial score (nSPS) is 16.2. The molecular weight excluding hydrogens is 256 g/mol. The van der Waals surface area contributed by atoms with Gasteiger partial charge in [0.2, 0.25) is 0 Å². The minimum absolute atomic E-state index is 0.385. The summed E-state index contributed by atoms with van der Waals surface area (Å²) in [6, 6.07) is 6.45. The van der Waals surface area contributed by atoms with E-state index in [4.69, 9.17) is 9.47 Å². The molecule has 0 spiro atoms. The molecule has 0 radical (unpaired) electrons. The van der Waals surface area contributed by atoms with Crippen LogP contribution in [0.4, 0.5) is 0 Å². The van der Waals surface area contributed by atoms with Crippen LogP contribution in [0.3, 0.4) is 0 Å². The van der Waals surface area contributed by atoms with Crippen LogP contribution in [0.15, 0.2) is 37.4 Å². The Balaban J connectivity index is 0.000000956. The number of carbonyl (C=O) groups excluding carboxylic acids is 2. The molecule has 1 aliphatic heterocycles. The first kappa shape index (κ1) is 16.0. The van der Waals surface area contributed by atoms with Crippen molar-refractivity contribution in [2.24, 2.45) is 0 Å². The topological polar surface area (TPSA) is 52.6 Å². The number of hydrogen-bond acceptors (Lipinski definition) is 4. The number of hydrogen-bond donors (Lipinski definition) is 0. The van der Waals surface area contributed by atoms with Gasteiger partial charge in [0, 0.05) is 0 Å². The summed E-state index contributed by atoms with van der Waals surface area (Å²) in [4.78, 5) is 23.4. The summed E-state index contributed by atoms with van der Waals surface area (Å²) >= 11 is 0. The number of cyclic esters (lactones) is 2. The van der Waals surface area contributed by atoms with Crippen molar-refractivity contribution in [3.63, 3.8) is 0 Å². The maximum absolute atomic E-state index is 11.7. The van der Waals surface area contributed by atoms with Crippen LogP contribution in [0.2, 0.25) is 0 Å². The molecule has 0 saturated carbocycles. The fraction of sp³-hybridized carbons (Fsp3) is 0.375. The molecule has 108 valence electrons. The van der Waals surface area contributed by atoms with E-state index in [1.165, 1.54) is 6.07 Å². The zero-order valence-electron chi connectivity index (χ0n) is 11.6. The summed E-state index contributed by atoms with van der Waals surface area (Å²) in [6.07, 6.45) is 3.64. The van der Waals surface area contributed by atoms with Crippen LogP contribution in [0.5, 0.6) is 0 Å². The van der Waals surface area contributed by atoms with Crippen molar-refractivity contribution in [2.45, 2.75) is 25.7 Å². The third-order valence-electron chi connectivity index (χ3n) is 2.84. The average molecular weight is 276 g/mol. The molecule has 0 atom stereocenters. The summed E-state index contributed by atoms with van der Waals surface area (Å²) in [6.45, 7) is 6.86. The van der Waals surface area contributed by atoms with Crippen LogP contribution in [0.1, 0.15) is 46.4 Å². The van der Waals surface area contributed by atoms with Crippen LogP contribution in [-0.2, 0) is 9.47 Å². The Bertz CT molecular complexity index is 416. The van der Waals surface area contributed by atoms with Crippen molar-refractivity contribution in [1.82, 2.24) is 0 Å². The van der Waals surface area contributed by atoms with E-state index in [1.54, 1.807) is 18.2 Å². The highest BCUT2D eigenvalue weighted by molar-refractivity contribution is 5.95. The summed E-state index contributed by atoms with van der Waals surface area (Å²) in [5, 5.41) is 0. The Hall–Kier alpha value is -2.10. The largest absolute Gasteiger partial charge is 0.462 e. The molecule has 2 rings (SSSR count). The molecule has 0 N–H and O–H groups in total. The molecule has 1 aliphatic rings. The van der Waals surface area contributed by atoms with Gasteiger partial charge in [-0.05, 0) is 43.9 Å². The van der Waals surface area contributed by atoms with Crippen molar-refractivity contribution >= 4 is 11.9 Å². The van der Waals surface area contributed by atoms with Gasteiger partial charge in [-0.2, -0.15) is 0 Å². The van der Waals surface area contributed by atoms with Crippen molar-refractivity contribution in [3.8, 4) is 0 Å². The predicted octanol–water partition coefficient (Wildman–Crippen LogP) is 3.38. The Morgan fingerprint density at radius 2 is 1.25 bits per heavy atom. The lowest BCUT2D eigenvalue weighted by molar-refractivity contribution is 0.0484. The summed E-state index contributed by atoms with van der Waals surface area (Å²) in [5.74, 6) is -0.771. The van der Waals surface area contributed by atoms with Gasteiger partial charge in [0.25, 0.3) is 0 Å². The second-order valence-corrected chi connectivity index (χ2v) is 4.27. The molecule has 0 aliphatic carbocycles. The Kier molecular flexibility index (Phi) is 7.11. The monoisotopic (exact) mass is 276 g/mol. The molecular formula is C16H20O4.